The van der Waals surface area contributed by atoms with Crippen LogP contribution in [0.15, 0.2) is 71.6 Å². The van der Waals surface area contributed by atoms with Crippen molar-refractivity contribution >= 4 is 15.9 Å². The lowest BCUT2D eigenvalue weighted by Gasteiger charge is -2.28. The molecule has 0 radical (unpaired) electrons. The fourth-order valence-corrected chi connectivity index (χ4v) is 5.11. The number of hydroxylamine groups is 1. The smallest absolute Gasteiger partial charge is 0.274 e. The van der Waals surface area contributed by atoms with E-state index < -0.39 is 15.9 Å². The lowest BCUT2D eigenvalue weighted by atomic mass is 9.98. The van der Waals surface area contributed by atoms with E-state index in [1.807, 2.05) is 24.3 Å². The molecule has 31 heavy (non-hydrogen) atoms. The van der Waals surface area contributed by atoms with E-state index >= 15 is 0 Å². The quantitative estimate of drug-likeness (QED) is 0.471. The Morgan fingerprint density at radius 2 is 1.61 bits per heavy atom. The highest BCUT2D eigenvalue weighted by Gasteiger charge is 2.28. The molecule has 0 spiro atoms. The van der Waals surface area contributed by atoms with Crippen molar-refractivity contribution in [3.05, 3.63) is 83.4 Å². The number of amides is 1. The maximum absolute atomic E-state index is 13.2. The van der Waals surface area contributed by atoms with E-state index in [9.17, 15) is 13.2 Å². The van der Waals surface area contributed by atoms with E-state index in [1.165, 1.54) is 4.31 Å². The van der Waals surface area contributed by atoms with Gasteiger partial charge in [0.25, 0.3) is 5.91 Å². The van der Waals surface area contributed by atoms with Crippen LogP contribution in [0, 0.1) is 0 Å². The van der Waals surface area contributed by atoms with Gasteiger partial charge in [-0.05, 0) is 65.1 Å². The molecule has 8 heteroatoms. The minimum atomic E-state index is -3.65. The molecule has 1 heterocycles. The highest BCUT2D eigenvalue weighted by atomic mass is 32.2. The van der Waals surface area contributed by atoms with Crippen LogP contribution in [0.5, 0.6) is 5.75 Å². The number of nitrogens with one attached hydrogen (secondary N) is 1. The van der Waals surface area contributed by atoms with Gasteiger partial charge in [0.1, 0.15) is 5.75 Å². The van der Waals surface area contributed by atoms with Gasteiger partial charge in [-0.15, -0.1) is 0 Å². The summed E-state index contributed by atoms with van der Waals surface area (Å²) >= 11 is 0. The summed E-state index contributed by atoms with van der Waals surface area (Å²) in [6.07, 6.45) is 0.491. The molecule has 0 aliphatic carbocycles. The average Bonchev–Trinajstić information content (AvgIpc) is 2.83. The standard InChI is InChI=1S/C23H22N2O5S/c1-30-21-8-4-16(5-9-21)17-6-10-22(11-7-17)31(28,29)25-13-12-18-14-19(23(26)24-27)2-3-20(18)15-25/h2-11,14,27H,12-13,15H2,1H3,(H,24,26). The van der Waals surface area contributed by atoms with Gasteiger partial charge in [-0.2, -0.15) is 4.31 Å². The zero-order chi connectivity index (χ0) is 22.0. The number of nitrogens with zero attached hydrogens (tertiary/aromatic N) is 1. The summed E-state index contributed by atoms with van der Waals surface area (Å²) in [6.45, 7) is 0.554. The normalized spacial score (nSPS) is 14.0. The van der Waals surface area contributed by atoms with Gasteiger partial charge in [-0.1, -0.05) is 30.3 Å². The second-order valence-electron chi connectivity index (χ2n) is 7.27. The molecule has 1 amide bonds. The Kier molecular flexibility index (Phi) is 5.77. The van der Waals surface area contributed by atoms with Crippen LogP contribution < -0.4 is 10.2 Å². The summed E-state index contributed by atoms with van der Waals surface area (Å²) in [5.74, 6) is 0.173. The van der Waals surface area contributed by atoms with Crippen molar-refractivity contribution in [2.24, 2.45) is 0 Å². The van der Waals surface area contributed by atoms with Crippen molar-refractivity contribution in [2.45, 2.75) is 17.9 Å². The molecular formula is C23H22N2O5S. The Bertz CT molecular complexity index is 1210. The SMILES string of the molecule is COc1ccc(-c2ccc(S(=O)(=O)N3CCc4cc(C(=O)NO)ccc4C3)cc2)cc1. The van der Waals surface area contributed by atoms with Crippen LogP contribution in [0.2, 0.25) is 0 Å². The predicted octanol–water partition coefficient (Wildman–Crippen LogP) is 3.23. The Labute approximate surface area is 180 Å². The van der Waals surface area contributed by atoms with Crippen molar-refractivity contribution in [1.29, 1.82) is 0 Å². The second kappa shape index (κ2) is 8.50. The highest BCUT2D eigenvalue weighted by Crippen LogP contribution is 2.28. The summed E-state index contributed by atoms with van der Waals surface area (Å²) in [7, 11) is -2.04. The molecule has 0 unspecified atom stereocenters. The maximum Gasteiger partial charge on any atom is 0.274 e. The van der Waals surface area contributed by atoms with Crippen molar-refractivity contribution in [3.63, 3.8) is 0 Å². The number of carbonyl (C=O) groups is 1. The molecule has 0 aromatic heterocycles. The first-order valence-electron chi connectivity index (χ1n) is 9.73. The van der Waals surface area contributed by atoms with Crippen LogP contribution in [0.1, 0.15) is 21.5 Å². The molecule has 0 atom stereocenters. The Balaban J connectivity index is 1.54. The van der Waals surface area contributed by atoms with Gasteiger partial charge in [0.05, 0.1) is 12.0 Å². The van der Waals surface area contributed by atoms with E-state index in [-0.39, 0.29) is 11.4 Å². The average molecular weight is 439 g/mol. The molecule has 0 fully saturated rings. The molecule has 0 bridgehead atoms. The van der Waals surface area contributed by atoms with Gasteiger partial charge in [-0.25, -0.2) is 13.9 Å². The first-order valence-corrected chi connectivity index (χ1v) is 11.2. The van der Waals surface area contributed by atoms with Gasteiger partial charge < -0.3 is 4.74 Å². The number of sulfonamides is 1. The number of carbonyl (C=O) groups excluding carboxylic acids is 1. The molecular weight excluding hydrogens is 416 g/mol. The fraction of sp³-hybridized carbons (Fsp3) is 0.174. The lowest BCUT2D eigenvalue weighted by Crippen LogP contribution is -2.36. The Hall–Kier alpha value is -3.20. The summed E-state index contributed by atoms with van der Waals surface area (Å²) in [4.78, 5) is 11.8. The van der Waals surface area contributed by atoms with Gasteiger partial charge >= 0.3 is 0 Å². The van der Waals surface area contributed by atoms with Crippen LogP contribution in [-0.4, -0.2) is 37.5 Å². The molecule has 160 valence electrons. The molecule has 2 N–H and O–H groups in total. The maximum atomic E-state index is 13.2. The topological polar surface area (TPSA) is 95.9 Å². The van der Waals surface area contributed by atoms with E-state index in [4.69, 9.17) is 9.94 Å². The number of hydrogen-bond acceptors (Lipinski definition) is 5. The molecule has 1 aliphatic heterocycles. The van der Waals surface area contributed by atoms with Gasteiger partial charge in [-0.3, -0.25) is 10.0 Å². The molecule has 0 saturated carbocycles. The molecule has 3 aromatic rings. The molecule has 3 aromatic carbocycles. The van der Waals surface area contributed by atoms with E-state index in [0.717, 1.165) is 28.0 Å². The van der Waals surface area contributed by atoms with Gasteiger partial charge in [0.15, 0.2) is 0 Å². The van der Waals surface area contributed by atoms with Crippen LogP contribution in [0.25, 0.3) is 11.1 Å². The van der Waals surface area contributed by atoms with Crippen molar-refractivity contribution in [3.8, 4) is 16.9 Å². The Morgan fingerprint density at radius 1 is 0.968 bits per heavy atom. The third-order valence-electron chi connectivity index (χ3n) is 5.46. The fourth-order valence-electron chi connectivity index (χ4n) is 3.69. The van der Waals surface area contributed by atoms with E-state index in [0.29, 0.717) is 18.5 Å². The van der Waals surface area contributed by atoms with E-state index in [1.54, 1.807) is 55.1 Å². The van der Waals surface area contributed by atoms with Gasteiger partial charge in [0, 0.05) is 18.7 Å². The molecule has 7 nitrogen and oxygen atoms in total. The van der Waals surface area contributed by atoms with Gasteiger partial charge in [0.2, 0.25) is 10.0 Å². The summed E-state index contributed by atoms with van der Waals surface area (Å²) in [6, 6.07) is 19.4. The second-order valence-corrected chi connectivity index (χ2v) is 9.20. The minimum absolute atomic E-state index is 0.235. The molecule has 4 rings (SSSR count). The van der Waals surface area contributed by atoms with Crippen molar-refractivity contribution < 1.29 is 23.2 Å². The first-order chi connectivity index (χ1) is 14.9. The number of fused-ring (bicyclic) bond motifs is 1. The first kappa shape index (κ1) is 21.0. The number of rotatable bonds is 5. The third kappa shape index (κ3) is 4.18. The molecule has 0 saturated heterocycles. The zero-order valence-corrected chi connectivity index (χ0v) is 17.7. The zero-order valence-electron chi connectivity index (χ0n) is 16.9. The van der Waals surface area contributed by atoms with Crippen molar-refractivity contribution in [2.75, 3.05) is 13.7 Å². The predicted molar refractivity (Wildman–Crippen MR) is 115 cm³/mol. The lowest BCUT2D eigenvalue weighted by molar-refractivity contribution is 0.0706. The summed E-state index contributed by atoms with van der Waals surface area (Å²) < 4.78 is 32.9. The molecule has 1 aliphatic rings. The largest absolute Gasteiger partial charge is 0.497 e. The number of methoxy groups -OCH3 is 1. The number of benzene rings is 3. The third-order valence-corrected chi connectivity index (χ3v) is 7.32. The van der Waals surface area contributed by atoms with Crippen molar-refractivity contribution in [1.82, 2.24) is 9.79 Å². The number of hydrogen-bond donors (Lipinski definition) is 2. The van der Waals surface area contributed by atoms with E-state index in [2.05, 4.69) is 0 Å². The van der Waals surface area contributed by atoms with Crippen LogP contribution >= 0.6 is 0 Å². The monoisotopic (exact) mass is 438 g/mol. The summed E-state index contributed by atoms with van der Waals surface area (Å²) in [5, 5.41) is 8.79. The number of ether oxygens (including phenoxy) is 1. The van der Waals surface area contributed by atoms with Crippen LogP contribution in [0.3, 0.4) is 0 Å². The minimum Gasteiger partial charge on any atom is -0.497 e. The van der Waals surface area contributed by atoms with Crippen LogP contribution in [-0.2, 0) is 23.0 Å². The summed E-state index contributed by atoms with van der Waals surface area (Å²) in [5.41, 5.74) is 5.59. The Morgan fingerprint density at radius 3 is 2.23 bits per heavy atom. The van der Waals surface area contributed by atoms with Crippen LogP contribution in [0.4, 0.5) is 0 Å². The highest BCUT2D eigenvalue weighted by molar-refractivity contribution is 7.89.